The van der Waals surface area contributed by atoms with E-state index in [1.807, 2.05) is 0 Å². The molecule has 246 valence electrons. The Morgan fingerprint density at radius 1 is 0.791 bits per heavy atom. The minimum atomic E-state index is -1.78. The Bertz CT molecular complexity index is 1020. The van der Waals surface area contributed by atoms with E-state index in [1.165, 1.54) is 6.92 Å². The number of aliphatic carboxylic acids is 1. The van der Waals surface area contributed by atoms with Crippen molar-refractivity contribution in [3.63, 3.8) is 0 Å². The van der Waals surface area contributed by atoms with Gasteiger partial charge in [0, 0.05) is 33.0 Å². The first-order valence-electron chi connectivity index (χ1n) is 14.8. The molecule has 43 heavy (non-hydrogen) atoms. The maximum atomic E-state index is 11.9. The smallest absolute Gasteiger partial charge is 0.364 e. The summed E-state index contributed by atoms with van der Waals surface area (Å²) < 4.78 is 32.4. The van der Waals surface area contributed by atoms with Crippen LogP contribution in [0, 0.1) is 0 Å². The van der Waals surface area contributed by atoms with Gasteiger partial charge < -0.3 is 54.6 Å². The number of nitrogens with one attached hydrogen (secondary N) is 3. The highest BCUT2D eigenvalue weighted by Gasteiger charge is 2.45. The first kappa shape index (κ1) is 36.5. The molecule has 0 aliphatic carbocycles. The molecule has 1 amide bonds. The molecule has 1 aliphatic heterocycles. The number of hydrogen-bond acceptors (Lipinski definition) is 13. The summed E-state index contributed by atoms with van der Waals surface area (Å²) in [5, 5.41) is 27.8. The number of carboxylic acids is 1. The number of hydrogen-bond donors (Lipinski definition) is 5. The van der Waals surface area contributed by atoms with E-state index in [-0.39, 0.29) is 36.9 Å². The maximum absolute atomic E-state index is 11.9. The van der Waals surface area contributed by atoms with Crippen LogP contribution in [0.15, 0.2) is 9.59 Å². The zero-order valence-corrected chi connectivity index (χ0v) is 25.0. The SMILES string of the molecule is CC(=O)NCCOCCOCCOCCOCCNc1c(NCCCCCCOC2(C(=O)O)CC(O)CCO2)c(=O)c1=O. The Labute approximate surface area is 251 Å². The van der Waals surface area contributed by atoms with Gasteiger partial charge in [0.15, 0.2) is 0 Å². The fraction of sp³-hybridized carbons (Fsp3) is 0.786. The molecule has 1 heterocycles. The summed E-state index contributed by atoms with van der Waals surface area (Å²) >= 11 is 0. The molecule has 0 aromatic heterocycles. The van der Waals surface area contributed by atoms with Crippen molar-refractivity contribution in [3.05, 3.63) is 20.4 Å². The van der Waals surface area contributed by atoms with Crippen molar-refractivity contribution in [1.82, 2.24) is 5.32 Å². The number of aliphatic hydroxyl groups is 1. The van der Waals surface area contributed by atoms with Gasteiger partial charge in [-0.15, -0.1) is 0 Å². The monoisotopic (exact) mass is 617 g/mol. The summed E-state index contributed by atoms with van der Waals surface area (Å²) in [6.45, 7) is 6.41. The second kappa shape index (κ2) is 21.1. The van der Waals surface area contributed by atoms with Gasteiger partial charge >= 0.3 is 5.97 Å². The van der Waals surface area contributed by atoms with Gasteiger partial charge in [-0.2, -0.15) is 0 Å². The zero-order chi connectivity index (χ0) is 31.3. The number of ether oxygens (including phenoxy) is 6. The van der Waals surface area contributed by atoms with Crippen LogP contribution in [0.4, 0.5) is 11.4 Å². The Hall–Kier alpha value is -2.66. The minimum Gasteiger partial charge on any atom is -0.477 e. The van der Waals surface area contributed by atoms with Gasteiger partial charge in [0.05, 0.1) is 72.2 Å². The average Bonchev–Trinajstić information content (AvgIpc) is 2.98. The molecule has 1 aromatic carbocycles. The lowest BCUT2D eigenvalue weighted by Crippen LogP contribution is -2.50. The Morgan fingerprint density at radius 3 is 1.88 bits per heavy atom. The van der Waals surface area contributed by atoms with Crippen LogP contribution in [0.2, 0.25) is 0 Å². The highest BCUT2D eigenvalue weighted by Crippen LogP contribution is 2.27. The number of anilines is 2. The molecule has 2 unspecified atom stereocenters. The molecule has 0 bridgehead atoms. The van der Waals surface area contributed by atoms with E-state index in [0.29, 0.717) is 85.3 Å². The maximum Gasteiger partial charge on any atom is 0.364 e. The molecule has 2 atom stereocenters. The van der Waals surface area contributed by atoms with Crippen molar-refractivity contribution in [2.24, 2.45) is 0 Å². The van der Waals surface area contributed by atoms with Crippen LogP contribution in [0.25, 0.3) is 0 Å². The molecule has 0 spiro atoms. The Balaban J connectivity index is 1.43. The fourth-order valence-electron chi connectivity index (χ4n) is 4.21. The zero-order valence-electron chi connectivity index (χ0n) is 25.0. The number of unbranched alkanes of at least 4 members (excludes halogenated alkanes) is 3. The van der Waals surface area contributed by atoms with Gasteiger partial charge in [0.1, 0.15) is 11.4 Å². The number of amides is 1. The van der Waals surface area contributed by atoms with Crippen LogP contribution >= 0.6 is 0 Å². The third-order valence-corrected chi connectivity index (χ3v) is 6.52. The summed E-state index contributed by atoms with van der Waals surface area (Å²) in [5.74, 6) is -3.10. The van der Waals surface area contributed by atoms with Gasteiger partial charge in [0.2, 0.25) is 5.91 Å². The standard InChI is InChI=1S/C28H47N3O12/c1-21(32)29-8-12-38-14-16-40-18-19-41-17-15-39-13-9-31-24-23(25(34)26(24)35)30-7-4-2-3-5-10-42-28(27(36)37)20-22(33)6-11-43-28/h22,30-31,33H,2-20H2,1H3,(H,29,32)(H,36,37). The summed E-state index contributed by atoms with van der Waals surface area (Å²) in [5.41, 5.74) is -0.546. The van der Waals surface area contributed by atoms with Crippen LogP contribution in [-0.2, 0) is 38.0 Å². The van der Waals surface area contributed by atoms with E-state index in [2.05, 4.69) is 16.0 Å². The summed E-state index contributed by atoms with van der Waals surface area (Å²) in [6.07, 6.45) is 2.50. The van der Waals surface area contributed by atoms with E-state index in [1.54, 1.807) is 0 Å². The molecule has 15 heteroatoms. The largest absolute Gasteiger partial charge is 0.477 e. The van der Waals surface area contributed by atoms with Crippen LogP contribution in [-0.4, -0.2) is 120 Å². The number of rotatable bonds is 26. The fourth-order valence-corrected chi connectivity index (χ4v) is 4.21. The molecular formula is C28H47N3O12. The molecule has 15 nitrogen and oxygen atoms in total. The number of carbonyl (C=O) groups excluding carboxylic acids is 1. The van der Waals surface area contributed by atoms with Crippen molar-refractivity contribution in [1.29, 1.82) is 0 Å². The molecule has 1 aliphatic rings. The predicted molar refractivity (Wildman–Crippen MR) is 156 cm³/mol. The van der Waals surface area contributed by atoms with Crippen molar-refractivity contribution < 1.29 is 48.2 Å². The molecule has 0 saturated carbocycles. The van der Waals surface area contributed by atoms with E-state index >= 15 is 0 Å². The van der Waals surface area contributed by atoms with Crippen LogP contribution in [0.1, 0.15) is 45.4 Å². The van der Waals surface area contributed by atoms with E-state index in [9.17, 15) is 29.4 Å². The first-order chi connectivity index (χ1) is 20.8. The van der Waals surface area contributed by atoms with Crippen molar-refractivity contribution in [2.75, 3.05) is 96.3 Å². The quantitative estimate of drug-likeness (QED) is 0.0678. The number of carboxylic acid groups (broad SMARTS) is 1. The van der Waals surface area contributed by atoms with E-state index in [4.69, 9.17) is 28.4 Å². The number of aliphatic hydroxyl groups excluding tert-OH is 1. The second-order valence-corrected chi connectivity index (χ2v) is 10.0. The third kappa shape index (κ3) is 14.1. The van der Waals surface area contributed by atoms with Gasteiger partial charge in [0.25, 0.3) is 16.6 Å². The topological polar surface area (TPSA) is 200 Å². The molecule has 1 aromatic rings. The average molecular weight is 618 g/mol. The summed E-state index contributed by atoms with van der Waals surface area (Å²) in [6, 6.07) is 0. The van der Waals surface area contributed by atoms with Crippen LogP contribution in [0.3, 0.4) is 0 Å². The summed E-state index contributed by atoms with van der Waals surface area (Å²) in [7, 11) is 0. The molecule has 5 N–H and O–H groups in total. The lowest BCUT2D eigenvalue weighted by atomic mass is 10.0. The normalized spacial score (nSPS) is 18.5. The van der Waals surface area contributed by atoms with Gasteiger partial charge in [-0.3, -0.25) is 14.4 Å². The number of carbonyl (C=O) groups is 2. The van der Waals surface area contributed by atoms with Crippen LogP contribution in [0.5, 0.6) is 0 Å². The van der Waals surface area contributed by atoms with E-state index in [0.717, 1.165) is 19.3 Å². The van der Waals surface area contributed by atoms with Crippen molar-refractivity contribution >= 4 is 23.3 Å². The molecule has 1 fully saturated rings. The van der Waals surface area contributed by atoms with Crippen LogP contribution < -0.4 is 26.8 Å². The molecule has 2 rings (SSSR count). The molecular weight excluding hydrogens is 570 g/mol. The first-order valence-corrected chi connectivity index (χ1v) is 14.8. The lowest BCUT2D eigenvalue weighted by Gasteiger charge is -2.35. The van der Waals surface area contributed by atoms with Gasteiger partial charge in [-0.05, 0) is 19.3 Å². The Kier molecular flexibility index (Phi) is 17.9. The van der Waals surface area contributed by atoms with Gasteiger partial charge in [-0.1, -0.05) is 12.8 Å². The highest BCUT2D eigenvalue weighted by molar-refractivity contribution is 5.76. The molecule has 0 radical (unpaired) electrons. The van der Waals surface area contributed by atoms with Crippen molar-refractivity contribution in [3.8, 4) is 0 Å². The lowest BCUT2D eigenvalue weighted by molar-refractivity contribution is -0.269. The Morgan fingerprint density at radius 2 is 1.33 bits per heavy atom. The predicted octanol–water partition coefficient (Wildman–Crippen LogP) is -0.162. The van der Waals surface area contributed by atoms with E-state index < -0.39 is 28.7 Å². The van der Waals surface area contributed by atoms with Gasteiger partial charge in [-0.25, -0.2) is 4.79 Å². The third-order valence-electron chi connectivity index (χ3n) is 6.52. The molecule has 1 saturated heterocycles. The van der Waals surface area contributed by atoms with Crippen molar-refractivity contribution in [2.45, 2.75) is 57.3 Å². The summed E-state index contributed by atoms with van der Waals surface area (Å²) in [4.78, 5) is 46.1. The second-order valence-electron chi connectivity index (χ2n) is 10.0. The highest BCUT2D eigenvalue weighted by atomic mass is 16.7. The minimum absolute atomic E-state index is 0.0876.